The van der Waals surface area contributed by atoms with Crippen LogP contribution in [0, 0.1) is 5.92 Å². The topological polar surface area (TPSA) is 106 Å². The summed E-state index contributed by atoms with van der Waals surface area (Å²) >= 11 is 0. The summed E-state index contributed by atoms with van der Waals surface area (Å²) in [6, 6.07) is 8.65. The molecule has 0 radical (unpaired) electrons. The van der Waals surface area contributed by atoms with Gasteiger partial charge >= 0.3 is 0 Å². The van der Waals surface area contributed by atoms with Crippen LogP contribution in [0.1, 0.15) is 12.8 Å². The number of H-pyrrole nitrogens is 1. The number of benzene rings is 1. The van der Waals surface area contributed by atoms with E-state index in [1.165, 1.54) is 0 Å². The Morgan fingerprint density at radius 1 is 1.26 bits per heavy atom. The van der Waals surface area contributed by atoms with Crippen LogP contribution < -0.4 is 11.1 Å². The second kappa shape index (κ2) is 9.23. The second-order valence-electron chi connectivity index (χ2n) is 6.26. The molecule has 0 saturated carbocycles. The van der Waals surface area contributed by atoms with Crippen molar-refractivity contribution in [2.24, 2.45) is 11.7 Å². The van der Waals surface area contributed by atoms with Crippen molar-refractivity contribution in [3.63, 3.8) is 0 Å². The second-order valence-corrected chi connectivity index (χ2v) is 6.26. The monoisotopic (exact) mass is 412 g/mol. The zero-order chi connectivity index (χ0) is 17.2. The van der Waals surface area contributed by atoms with Gasteiger partial charge in [-0.3, -0.25) is 4.79 Å². The number of imidazole rings is 1. The van der Waals surface area contributed by atoms with Gasteiger partial charge in [0.1, 0.15) is 0 Å². The number of anilines is 1. The summed E-state index contributed by atoms with van der Waals surface area (Å²) in [7, 11) is 0. The molecule has 3 heterocycles. The minimum absolute atomic E-state index is 0. The summed E-state index contributed by atoms with van der Waals surface area (Å²) in [4.78, 5) is 20.1. The number of furan rings is 1. The Labute approximate surface area is 168 Å². The van der Waals surface area contributed by atoms with E-state index in [1.807, 2.05) is 30.3 Å². The van der Waals surface area contributed by atoms with E-state index in [0.29, 0.717) is 30.5 Å². The SMILES string of the molecule is Cl.Cl.NC(C(=O)Nc1ccc2nc(-c3ccco3)[nH]c2c1)C1CCOCC1. The Morgan fingerprint density at radius 2 is 2.04 bits per heavy atom. The molecule has 1 unspecified atom stereocenters. The quantitative estimate of drug-likeness (QED) is 0.608. The average Bonchev–Trinajstić information content (AvgIpc) is 3.30. The van der Waals surface area contributed by atoms with Crippen molar-refractivity contribution in [1.82, 2.24) is 9.97 Å². The molecule has 1 saturated heterocycles. The van der Waals surface area contributed by atoms with Crippen LogP contribution in [0.2, 0.25) is 0 Å². The Kier molecular flexibility index (Phi) is 7.26. The number of nitrogens with two attached hydrogens (primary N) is 1. The maximum atomic E-state index is 12.4. The van der Waals surface area contributed by atoms with Crippen LogP contribution in [-0.4, -0.2) is 35.1 Å². The van der Waals surface area contributed by atoms with E-state index in [9.17, 15) is 4.79 Å². The van der Waals surface area contributed by atoms with Crippen LogP contribution in [0.4, 0.5) is 5.69 Å². The number of rotatable bonds is 4. The molecule has 146 valence electrons. The molecular formula is C18H22Cl2N4O3. The predicted molar refractivity (Wildman–Crippen MR) is 108 cm³/mol. The number of nitrogens with zero attached hydrogens (tertiary/aromatic N) is 1. The zero-order valence-corrected chi connectivity index (χ0v) is 16.1. The molecule has 1 fully saturated rings. The molecule has 0 bridgehead atoms. The normalized spacial score (nSPS) is 15.6. The van der Waals surface area contributed by atoms with Crippen LogP contribution in [0.5, 0.6) is 0 Å². The van der Waals surface area contributed by atoms with Gasteiger partial charge in [-0.25, -0.2) is 4.98 Å². The van der Waals surface area contributed by atoms with Crippen LogP contribution in [0.3, 0.4) is 0 Å². The van der Waals surface area contributed by atoms with Gasteiger partial charge in [0.15, 0.2) is 11.6 Å². The highest BCUT2D eigenvalue weighted by molar-refractivity contribution is 5.96. The lowest BCUT2D eigenvalue weighted by Crippen LogP contribution is -2.43. The third-order valence-corrected chi connectivity index (χ3v) is 4.58. The molecule has 1 aliphatic rings. The number of aromatic amines is 1. The van der Waals surface area contributed by atoms with Crippen LogP contribution in [-0.2, 0) is 9.53 Å². The molecule has 27 heavy (non-hydrogen) atoms. The van der Waals surface area contributed by atoms with Crippen molar-refractivity contribution in [3.8, 4) is 11.6 Å². The van der Waals surface area contributed by atoms with Crippen LogP contribution in [0.25, 0.3) is 22.6 Å². The number of amides is 1. The van der Waals surface area contributed by atoms with Crippen LogP contribution >= 0.6 is 24.8 Å². The molecule has 4 rings (SSSR count). The fraction of sp³-hybridized carbons (Fsp3) is 0.333. The number of hydrogen-bond acceptors (Lipinski definition) is 5. The first-order valence-electron chi connectivity index (χ1n) is 8.38. The van der Waals surface area contributed by atoms with Crippen molar-refractivity contribution in [1.29, 1.82) is 0 Å². The van der Waals surface area contributed by atoms with Crippen molar-refractivity contribution in [2.45, 2.75) is 18.9 Å². The number of carbonyl (C=O) groups excluding carboxylic acids is 1. The molecule has 1 aliphatic heterocycles. The van der Waals surface area contributed by atoms with Crippen LogP contribution in [0.15, 0.2) is 41.0 Å². The Morgan fingerprint density at radius 3 is 2.74 bits per heavy atom. The van der Waals surface area contributed by atoms with Crippen molar-refractivity contribution in [2.75, 3.05) is 18.5 Å². The van der Waals surface area contributed by atoms with Gasteiger partial charge in [0, 0.05) is 18.9 Å². The maximum absolute atomic E-state index is 12.4. The van der Waals surface area contributed by atoms with E-state index in [-0.39, 0.29) is 36.6 Å². The van der Waals surface area contributed by atoms with E-state index in [4.69, 9.17) is 14.9 Å². The van der Waals surface area contributed by atoms with E-state index in [2.05, 4.69) is 15.3 Å². The summed E-state index contributed by atoms with van der Waals surface area (Å²) in [6.45, 7) is 1.34. The average molecular weight is 413 g/mol. The van der Waals surface area contributed by atoms with E-state index in [0.717, 1.165) is 23.9 Å². The highest BCUT2D eigenvalue weighted by Crippen LogP contribution is 2.24. The largest absolute Gasteiger partial charge is 0.461 e. The predicted octanol–water partition coefficient (Wildman–Crippen LogP) is 3.36. The number of aromatic nitrogens is 2. The molecule has 2 aromatic heterocycles. The van der Waals surface area contributed by atoms with E-state index in [1.54, 1.807) is 6.26 Å². The smallest absolute Gasteiger partial charge is 0.241 e. The number of fused-ring (bicyclic) bond motifs is 1. The lowest BCUT2D eigenvalue weighted by Gasteiger charge is -2.26. The lowest BCUT2D eigenvalue weighted by atomic mass is 9.92. The molecule has 1 amide bonds. The molecular weight excluding hydrogens is 391 g/mol. The molecule has 7 nitrogen and oxygen atoms in total. The van der Waals surface area contributed by atoms with E-state index < -0.39 is 6.04 Å². The Bertz CT molecular complexity index is 876. The molecule has 0 spiro atoms. The molecule has 0 aliphatic carbocycles. The lowest BCUT2D eigenvalue weighted by molar-refractivity contribution is -0.119. The molecule has 1 atom stereocenters. The van der Waals surface area contributed by atoms with E-state index >= 15 is 0 Å². The number of nitrogens with one attached hydrogen (secondary N) is 2. The van der Waals surface area contributed by atoms with Gasteiger partial charge in [-0.05, 0) is 49.1 Å². The molecule has 3 aromatic rings. The maximum Gasteiger partial charge on any atom is 0.241 e. The summed E-state index contributed by atoms with van der Waals surface area (Å²) in [6.07, 6.45) is 3.24. The van der Waals surface area contributed by atoms with Gasteiger partial charge in [-0.15, -0.1) is 24.8 Å². The number of ether oxygens (including phenoxy) is 1. The molecule has 4 N–H and O–H groups in total. The number of carbonyl (C=O) groups is 1. The summed E-state index contributed by atoms with van der Waals surface area (Å²) in [5.41, 5.74) is 8.44. The molecule has 9 heteroatoms. The summed E-state index contributed by atoms with van der Waals surface area (Å²) < 4.78 is 10.7. The highest BCUT2D eigenvalue weighted by Gasteiger charge is 2.26. The van der Waals surface area contributed by atoms with Gasteiger partial charge < -0.3 is 25.2 Å². The van der Waals surface area contributed by atoms with Gasteiger partial charge in [-0.2, -0.15) is 0 Å². The third-order valence-electron chi connectivity index (χ3n) is 4.58. The number of hydrogen-bond donors (Lipinski definition) is 3. The minimum Gasteiger partial charge on any atom is -0.461 e. The summed E-state index contributed by atoms with van der Waals surface area (Å²) in [5.74, 6) is 1.32. The van der Waals surface area contributed by atoms with Crippen molar-refractivity contribution in [3.05, 3.63) is 36.6 Å². The fourth-order valence-corrected chi connectivity index (χ4v) is 3.13. The first-order chi connectivity index (χ1) is 12.2. The fourth-order valence-electron chi connectivity index (χ4n) is 3.13. The summed E-state index contributed by atoms with van der Waals surface area (Å²) in [5, 5.41) is 2.90. The number of halogens is 2. The highest BCUT2D eigenvalue weighted by atomic mass is 35.5. The Balaban J connectivity index is 0.00000131. The minimum atomic E-state index is -0.528. The van der Waals surface area contributed by atoms with Crippen molar-refractivity contribution >= 4 is 47.4 Å². The first-order valence-corrected chi connectivity index (χ1v) is 8.38. The van der Waals surface area contributed by atoms with Gasteiger partial charge in [0.25, 0.3) is 0 Å². The molecule has 1 aromatic carbocycles. The zero-order valence-electron chi connectivity index (χ0n) is 14.5. The van der Waals surface area contributed by atoms with Gasteiger partial charge in [-0.1, -0.05) is 0 Å². The van der Waals surface area contributed by atoms with Gasteiger partial charge in [0.2, 0.25) is 5.91 Å². The standard InChI is InChI=1S/C18H20N4O3.2ClH/c19-16(11-5-8-24-9-6-11)18(23)20-12-3-4-13-14(10-12)22-17(21-13)15-2-1-7-25-15;;/h1-4,7,10-11,16H,5-6,8-9,19H2,(H,20,23)(H,21,22);2*1H. The first kappa shape index (κ1) is 21.2. The Hall–Kier alpha value is -2.06. The van der Waals surface area contributed by atoms with Gasteiger partial charge in [0.05, 0.1) is 23.3 Å². The van der Waals surface area contributed by atoms with Crippen molar-refractivity contribution < 1.29 is 13.9 Å². The third kappa shape index (κ3) is 4.62.